The van der Waals surface area contributed by atoms with Gasteiger partial charge in [-0.25, -0.2) is 0 Å². The summed E-state index contributed by atoms with van der Waals surface area (Å²) in [6, 6.07) is 6.85. The molecule has 0 heterocycles. The SMILES string of the molecule is CC(=O)Nc1cccc(C#CC(N)=O)c1. The zero-order chi connectivity index (χ0) is 11.3. The van der Waals surface area contributed by atoms with Gasteiger partial charge < -0.3 is 11.1 Å². The number of nitrogens with two attached hydrogens (primary N) is 1. The van der Waals surface area contributed by atoms with Crippen molar-refractivity contribution in [2.45, 2.75) is 6.92 Å². The van der Waals surface area contributed by atoms with Crippen LogP contribution in [0, 0.1) is 11.8 Å². The van der Waals surface area contributed by atoms with Crippen molar-refractivity contribution in [3.05, 3.63) is 29.8 Å². The van der Waals surface area contributed by atoms with Gasteiger partial charge in [0.1, 0.15) is 0 Å². The molecule has 0 aliphatic rings. The number of primary amides is 1. The van der Waals surface area contributed by atoms with Gasteiger partial charge in [0.15, 0.2) is 0 Å². The third kappa shape index (κ3) is 3.96. The van der Waals surface area contributed by atoms with E-state index in [9.17, 15) is 9.59 Å². The quantitative estimate of drug-likeness (QED) is 0.650. The zero-order valence-corrected chi connectivity index (χ0v) is 8.20. The summed E-state index contributed by atoms with van der Waals surface area (Å²) in [5.41, 5.74) is 6.14. The molecule has 1 aromatic rings. The Labute approximate surface area is 87.5 Å². The maximum Gasteiger partial charge on any atom is 0.293 e. The number of amides is 2. The van der Waals surface area contributed by atoms with E-state index in [-0.39, 0.29) is 5.91 Å². The van der Waals surface area contributed by atoms with Gasteiger partial charge in [-0.3, -0.25) is 9.59 Å². The number of benzene rings is 1. The Bertz CT molecular complexity index is 455. The van der Waals surface area contributed by atoms with Crippen LogP contribution in [0.4, 0.5) is 5.69 Å². The van der Waals surface area contributed by atoms with Crippen molar-refractivity contribution in [2.24, 2.45) is 5.73 Å². The number of hydrogen-bond donors (Lipinski definition) is 2. The van der Waals surface area contributed by atoms with Gasteiger partial charge >= 0.3 is 0 Å². The first-order chi connectivity index (χ1) is 7.08. The second-order valence-corrected chi connectivity index (χ2v) is 2.88. The van der Waals surface area contributed by atoms with E-state index in [1.165, 1.54) is 6.92 Å². The van der Waals surface area contributed by atoms with Gasteiger partial charge in [-0.05, 0) is 24.1 Å². The fourth-order valence-electron chi connectivity index (χ4n) is 1.01. The zero-order valence-electron chi connectivity index (χ0n) is 8.20. The first-order valence-electron chi connectivity index (χ1n) is 4.27. The fraction of sp³-hybridized carbons (Fsp3) is 0.0909. The molecule has 0 bridgehead atoms. The van der Waals surface area contributed by atoms with Crippen LogP contribution >= 0.6 is 0 Å². The van der Waals surface area contributed by atoms with Crippen LogP contribution in [-0.2, 0) is 9.59 Å². The summed E-state index contributed by atoms with van der Waals surface area (Å²) in [4.78, 5) is 21.2. The van der Waals surface area contributed by atoms with Crippen molar-refractivity contribution in [2.75, 3.05) is 5.32 Å². The molecule has 0 aromatic heterocycles. The number of carbonyl (C=O) groups excluding carboxylic acids is 2. The van der Waals surface area contributed by atoms with E-state index in [1.54, 1.807) is 24.3 Å². The minimum Gasteiger partial charge on any atom is -0.359 e. The minimum atomic E-state index is -0.681. The summed E-state index contributed by atoms with van der Waals surface area (Å²) >= 11 is 0. The molecule has 76 valence electrons. The highest BCUT2D eigenvalue weighted by Crippen LogP contribution is 2.09. The van der Waals surface area contributed by atoms with Crippen LogP contribution in [0.15, 0.2) is 24.3 Å². The Hall–Kier alpha value is -2.28. The van der Waals surface area contributed by atoms with Gasteiger partial charge in [0.05, 0.1) is 0 Å². The van der Waals surface area contributed by atoms with Crippen molar-refractivity contribution >= 4 is 17.5 Å². The molecule has 15 heavy (non-hydrogen) atoms. The van der Waals surface area contributed by atoms with E-state index in [2.05, 4.69) is 17.2 Å². The molecular formula is C11H10N2O2. The standard InChI is InChI=1S/C11H10N2O2/c1-8(14)13-10-4-2-3-9(7-10)5-6-11(12)15/h2-4,7H,1H3,(H2,12,15)(H,13,14). The third-order valence-corrected chi connectivity index (χ3v) is 1.51. The lowest BCUT2D eigenvalue weighted by Gasteiger charge is -2.00. The predicted molar refractivity (Wildman–Crippen MR) is 56.8 cm³/mol. The summed E-state index contributed by atoms with van der Waals surface area (Å²) in [7, 11) is 0. The number of nitrogens with one attached hydrogen (secondary N) is 1. The lowest BCUT2D eigenvalue weighted by molar-refractivity contribution is -0.114. The highest BCUT2D eigenvalue weighted by Gasteiger charge is 1.95. The molecule has 0 atom stereocenters. The number of rotatable bonds is 1. The summed E-state index contributed by atoms with van der Waals surface area (Å²) in [6.45, 7) is 1.42. The van der Waals surface area contributed by atoms with E-state index in [4.69, 9.17) is 5.73 Å². The molecule has 0 aliphatic carbocycles. The smallest absolute Gasteiger partial charge is 0.293 e. The molecule has 1 rings (SSSR count). The highest BCUT2D eigenvalue weighted by molar-refractivity contribution is 5.92. The molecule has 0 saturated heterocycles. The van der Waals surface area contributed by atoms with Crippen molar-refractivity contribution < 1.29 is 9.59 Å². The largest absolute Gasteiger partial charge is 0.359 e. The second-order valence-electron chi connectivity index (χ2n) is 2.88. The summed E-state index contributed by atoms with van der Waals surface area (Å²) in [6.07, 6.45) is 0. The highest BCUT2D eigenvalue weighted by atomic mass is 16.1. The molecule has 0 saturated carbocycles. The lowest BCUT2D eigenvalue weighted by atomic mass is 10.2. The van der Waals surface area contributed by atoms with E-state index >= 15 is 0 Å². The maximum absolute atomic E-state index is 10.8. The average Bonchev–Trinajstić information content (AvgIpc) is 2.14. The molecule has 0 spiro atoms. The Balaban J connectivity index is 2.89. The van der Waals surface area contributed by atoms with Gasteiger partial charge in [0, 0.05) is 18.2 Å². The molecule has 0 aliphatic heterocycles. The van der Waals surface area contributed by atoms with Crippen molar-refractivity contribution in [1.29, 1.82) is 0 Å². The van der Waals surface area contributed by atoms with Gasteiger partial charge in [-0.2, -0.15) is 0 Å². The van der Waals surface area contributed by atoms with Gasteiger partial charge in [-0.1, -0.05) is 12.0 Å². The van der Waals surface area contributed by atoms with Crippen LogP contribution in [-0.4, -0.2) is 11.8 Å². The van der Waals surface area contributed by atoms with Crippen LogP contribution in [0.3, 0.4) is 0 Å². The van der Waals surface area contributed by atoms with Crippen molar-refractivity contribution in [3.63, 3.8) is 0 Å². The van der Waals surface area contributed by atoms with Crippen molar-refractivity contribution in [1.82, 2.24) is 0 Å². The molecule has 4 heteroatoms. The summed E-state index contributed by atoms with van der Waals surface area (Å²) in [5.74, 6) is 3.96. The van der Waals surface area contributed by atoms with E-state index < -0.39 is 5.91 Å². The third-order valence-electron chi connectivity index (χ3n) is 1.51. The van der Waals surface area contributed by atoms with Gasteiger partial charge in [0.2, 0.25) is 5.91 Å². The van der Waals surface area contributed by atoms with E-state index in [1.807, 2.05) is 0 Å². The van der Waals surface area contributed by atoms with Crippen LogP contribution in [0.5, 0.6) is 0 Å². The van der Waals surface area contributed by atoms with E-state index in [0.29, 0.717) is 11.3 Å². The van der Waals surface area contributed by atoms with Gasteiger partial charge in [-0.15, -0.1) is 0 Å². The maximum atomic E-state index is 10.8. The first-order valence-corrected chi connectivity index (χ1v) is 4.27. The normalized spacial score (nSPS) is 8.60. The fourth-order valence-corrected chi connectivity index (χ4v) is 1.01. The van der Waals surface area contributed by atoms with Crippen molar-refractivity contribution in [3.8, 4) is 11.8 Å². The average molecular weight is 202 g/mol. The number of anilines is 1. The summed E-state index contributed by atoms with van der Waals surface area (Å²) < 4.78 is 0. The molecule has 0 fully saturated rings. The van der Waals surface area contributed by atoms with Crippen LogP contribution in [0.25, 0.3) is 0 Å². The number of hydrogen-bond acceptors (Lipinski definition) is 2. The van der Waals surface area contributed by atoms with Crippen LogP contribution in [0.2, 0.25) is 0 Å². The Morgan fingerprint density at radius 1 is 1.40 bits per heavy atom. The van der Waals surface area contributed by atoms with Crippen LogP contribution < -0.4 is 11.1 Å². The predicted octanol–water partition coefficient (Wildman–Crippen LogP) is 0.482. The molecule has 3 N–H and O–H groups in total. The summed E-state index contributed by atoms with van der Waals surface area (Å²) in [5, 5.41) is 2.61. The van der Waals surface area contributed by atoms with Crippen LogP contribution in [0.1, 0.15) is 12.5 Å². The Kier molecular flexibility index (Phi) is 3.47. The molecule has 4 nitrogen and oxygen atoms in total. The molecular weight excluding hydrogens is 192 g/mol. The lowest BCUT2D eigenvalue weighted by Crippen LogP contribution is -2.06. The molecule has 0 unspecified atom stereocenters. The van der Waals surface area contributed by atoms with E-state index in [0.717, 1.165) is 0 Å². The monoisotopic (exact) mass is 202 g/mol. The van der Waals surface area contributed by atoms with Gasteiger partial charge in [0.25, 0.3) is 5.91 Å². The first kappa shape index (κ1) is 10.8. The molecule has 1 aromatic carbocycles. The Morgan fingerprint density at radius 2 is 2.13 bits per heavy atom. The molecule has 2 amide bonds. The topological polar surface area (TPSA) is 72.2 Å². The molecule has 0 radical (unpaired) electrons. The second kappa shape index (κ2) is 4.82. The minimum absolute atomic E-state index is 0.157. The number of carbonyl (C=O) groups is 2. The Morgan fingerprint density at radius 3 is 2.73 bits per heavy atom.